The summed E-state index contributed by atoms with van der Waals surface area (Å²) >= 11 is 0. The molecule has 124 valence electrons. The van der Waals surface area contributed by atoms with Crippen molar-refractivity contribution in [2.75, 3.05) is 32.9 Å². The molecular weight excluding hydrogens is 274 g/mol. The van der Waals surface area contributed by atoms with E-state index in [-0.39, 0.29) is 12.4 Å². The van der Waals surface area contributed by atoms with Gasteiger partial charge in [-0.2, -0.15) is 0 Å². The van der Waals surface area contributed by atoms with Gasteiger partial charge in [0.15, 0.2) is 0 Å². The molecular formula is C16H36ClNO2. The third-order valence-electron chi connectivity index (χ3n) is 3.33. The highest BCUT2D eigenvalue weighted by Gasteiger charge is 1.95. The minimum atomic E-state index is 0. The van der Waals surface area contributed by atoms with Crippen molar-refractivity contribution >= 4 is 0 Å². The van der Waals surface area contributed by atoms with Crippen LogP contribution in [-0.2, 0) is 4.74 Å². The van der Waals surface area contributed by atoms with E-state index in [4.69, 9.17) is 9.84 Å². The monoisotopic (exact) mass is 309 g/mol. The van der Waals surface area contributed by atoms with Crippen LogP contribution < -0.4 is 17.7 Å². The molecule has 20 heavy (non-hydrogen) atoms. The van der Waals surface area contributed by atoms with Crippen LogP contribution in [0.5, 0.6) is 0 Å². The van der Waals surface area contributed by atoms with Crippen LogP contribution in [0.1, 0.15) is 65.2 Å². The molecule has 0 saturated carbocycles. The Hall–Kier alpha value is 0.170. The standard InChI is InChI=1S/C16H35NO2.ClH/c1-16(2)10-6-4-3-5-7-14-19-15-9-12-17-11-8-13-18;/h16-18H,3-15H2,1-2H3;1H. The third kappa shape index (κ3) is 20.5. The third-order valence-corrected chi connectivity index (χ3v) is 3.33. The lowest BCUT2D eigenvalue weighted by Gasteiger charge is -2.05. The maximum absolute atomic E-state index is 8.63. The number of hydrogen-bond acceptors (Lipinski definition) is 2. The Morgan fingerprint density at radius 2 is 1.45 bits per heavy atom. The van der Waals surface area contributed by atoms with Crippen LogP contribution in [0.3, 0.4) is 0 Å². The van der Waals surface area contributed by atoms with Crippen LogP contribution in [0.2, 0.25) is 0 Å². The SMILES string of the molecule is CC(C)CCCCCCCOCCC[NH2+]CCCO.[Cl-]. The molecule has 0 bridgehead atoms. The molecule has 0 atom stereocenters. The van der Waals surface area contributed by atoms with Gasteiger partial charge in [0.1, 0.15) is 0 Å². The summed E-state index contributed by atoms with van der Waals surface area (Å²) in [5.41, 5.74) is 0. The van der Waals surface area contributed by atoms with Crippen molar-refractivity contribution in [3.8, 4) is 0 Å². The summed E-state index contributed by atoms with van der Waals surface area (Å²) < 4.78 is 5.62. The molecule has 3 nitrogen and oxygen atoms in total. The van der Waals surface area contributed by atoms with Gasteiger partial charge in [-0.3, -0.25) is 0 Å². The van der Waals surface area contributed by atoms with Gasteiger partial charge in [0.05, 0.1) is 19.7 Å². The fourth-order valence-electron chi connectivity index (χ4n) is 2.10. The maximum atomic E-state index is 8.63. The Balaban J connectivity index is 0. The van der Waals surface area contributed by atoms with Gasteiger partial charge in [-0.1, -0.05) is 46.0 Å². The van der Waals surface area contributed by atoms with Gasteiger partial charge >= 0.3 is 0 Å². The second-order valence-corrected chi connectivity index (χ2v) is 5.86. The summed E-state index contributed by atoms with van der Waals surface area (Å²) in [6.07, 6.45) is 10.1. The molecule has 0 aliphatic carbocycles. The van der Waals surface area contributed by atoms with Crippen molar-refractivity contribution in [2.24, 2.45) is 5.92 Å². The zero-order chi connectivity index (χ0) is 14.2. The van der Waals surface area contributed by atoms with Gasteiger partial charge < -0.3 is 27.6 Å². The van der Waals surface area contributed by atoms with Crippen LogP contribution >= 0.6 is 0 Å². The highest BCUT2D eigenvalue weighted by atomic mass is 35.5. The molecule has 0 amide bonds. The first kappa shape index (κ1) is 22.5. The number of aliphatic hydroxyl groups excluding tert-OH is 1. The van der Waals surface area contributed by atoms with Gasteiger partial charge in [0.2, 0.25) is 0 Å². The first-order chi connectivity index (χ1) is 9.27. The molecule has 0 unspecified atom stereocenters. The van der Waals surface area contributed by atoms with E-state index in [1.807, 2.05) is 0 Å². The molecule has 0 spiro atoms. The molecule has 0 aromatic heterocycles. The lowest BCUT2D eigenvalue weighted by molar-refractivity contribution is -0.655. The van der Waals surface area contributed by atoms with Crippen LogP contribution in [0, 0.1) is 5.92 Å². The van der Waals surface area contributed by atoms with E-state index in [1.54, 1.807) is 0 Å². The smallest absolute Gasteiger partial charge is 0.0777 e. The second kappa shape index (κ2) is 19.2. The minimum absolute atomic E-state index is 0. The Morgan fingerprint density at radius 3 is 2.15 bits per heavy atom. The number of aliphatic hydroxyl groups is 1. The number of halogens is 1. The highest BCUT2D eigenvalue weighted by Crippen LogP contribution is 2.10. The fourth-order valence-corrected chi connectivity index (χ4v) is 2.10. The fraction of sp³-hybridized carbons (Fsp3) is 1.00. The van der Waals surface area contributed by atoms with Crippen molar-refractivity contribution in [3.63, 3.8) is 0 Å². The van der Waals surface area contributed by atoms with E-state index in [0.29, 0.717) is 6.61 Å². The molecule has 3 N–H and O–H groups in total. The molecule has 0 radical (unpaired) electrons. The zero-order valence-electron chi connectivity index (χ0n) is 13.6. The molecule has 0 aromatic rings. The van der Waals surface area contributed by atoms with Crippen LogP contribution in [0.4, 0.5) is 0 Å². The van der Waals surface area contributed by atoms with E-state index in [0.717, 1.165) is 45.1 Å². The molecule has 0 aliphatic rings. The minimum Gasteiger partial charge on any atom is -1.00 e. The van der Waals surface area contributed by atoms with Crippen molar-refractivity contribution in [2.45, 2.75) is 65.2 Å². The average molecular weight is 310 g/mol. The topological polar surface area (TPSA) is 46.1 Å². The number of nitrogens with two attached hydrogens (primary N) is 1. The molecule has 0 saturated heterocycles. The largest absolute Gasteiger partial charge is 1.00 e. The quantitative estimate of drug-likeness (QED) is 0.395. The van der Waals surface area contributed by atoms with E-state index in [9.17, 15) is 0 Å². The summed E-state index contributed by atoms with van der Waals surface area (Å²) in [5.74, 6) is 0.859. The van der Waals surface area contributed by atoms with Gasteiger partial charge in [0.25, 0.3) is 0 Å². The number of hydrogen-bond donors (Lipinski definition) is 2. The molecule has 0 fully saturated rings. The van der Waals surface area contributed by atoms with Crippen molar-refractivity contribution < 1.29 is 27.6 Å². The number of quaternary nitrogens is 1. The second-order valence-electron chi connectivity index (χ2n) is 5.86. The normalized spacial score (nSPS) is 10.8. The average Bonchev–Trinajstić information content (AvgIpc) is 2.39. The predicted molar refractivity (Wildman–Crippen MR) is 81.3 cm³/mol. The summed E-state index contributed by atoms with van der Waals surface area (Å²) in [4.78, 5) is 0. The van der Waals surface area contributed by atoms with E-state index in [2.05, 4.69) is 19.2 Å². The summed E-state index contributed by atoms with van der Waals surface area (Å²) in [6, 6.07) is 0. The Kier molecular flexibility index (Phi) is 21.5. The van der Waals surface area contributed by atoms with Gasteiger partial charge in [0, 0.05) is 26.1 Å². The van der Waals surface area contributed by atoms with E-state index >= 15 is 0 Å². The Bertz CT molecular complexity index is 169. The molecule has 0 heterocycles. The van der Waals surface area contributed by atoms with Crippen molar-refractivity contribution in [3.05, 3.63) is 0 Å². The highest BCUT2D eigenvalue weighted by molar-refractivity contribution is 4.48. The van der Waals surface area contributed by atoms with Crippen LogP contribution in [-0.4, -0.2) is 38.0 Å². The molecule has 0 aromatic carbocycles. The lowest BCUT2D eigenvalue weighted by atomic mass is 10.0. The lowest BCUT2D eigenvalue weighted by Crippen LogP contribution is -3.00. The number of ether oxygens (including phenoxy) is 1. The molecule has 0 rings (SSSR count). The zero-order valence-corrected chi connectivity index (χ0v) is 14.3. The van der Waals surface area contributed by atoms with Crippen LogP contribution in [0.15, 0.2) is 0 Å². The van der Waals surface area contributed by atoms with E-state index in [1.165, 1.54) is 38.5 Å². The summed E-state index contributed by atoms with van der Waals surface area (Å²) in [6.45, 7) is 8.89. The first-order valence-electron chi connectivity index (χ1n) is 8.27. The van der Waals surface area contributed by atoms with Gasteiger partial charge in [-0.05, 0) is 12.3 Å². The Labute approximate surface area is 132 Å². The van der Waals surface area contributed by atoms with Crippen molar-refractivity contribution in [1.29, 1.82) is 0 Å². The van der Waals surface area contributed by atoms with Gasteiger partial charge in [-0.15, -0.1) is 0 Å². The Morgan fingerprint density at radius 1 is 0.850 bits per heavy atom. The van der Waals surface area contributed by atoms with Crippen molar-refractivity contribution in [1.82, 2.24) is 0 Å². The molecule has 0 aliphatic heterocycles. The number of unbranched alkanes of at least 4 members (excludes halogenated alkanes) is 4. The first-order valence-corrected chi connectivity index (χ1v) is 8.27. The number of rotatable bonds is 15. The predicted octanol–water partition coefficient (Wildman–Crippen LogP) is -0.660. The summed E-state index contributed by atoms with van der Waals surface area (Å²) in [7, 11) is 0. The van der Waals surface area contributed by atoms with Gasteiger partial charge in [-0.25, -0.2) is 0 Å². The maximum Gasteiger partial charge on any atom is 0.0777 e. The van der Waals surface area contributed by atoms with E-state index < -0.39 is 0 Å². The molecule has 4 heteroatoms. The summed E-state index contributed by atoms with van der Waals surface area (Å²) in [5, 5.41) is 10.9. The van der Waals surface area contributed by atoms with Crippen LogP contribution in [0.25, 0.3) is 0 Å².